The van der Waals surface area contributed by atoms with Gasteiger partial charge in [0.15, 0.2) is 5.16 Å². The van der Waals surface area contributed by atoms with E-state index >= 15 is 0 Å². The Balaban J connectivity index is 1.92. The quantitative estimate of drug-likeness (QED) is 0.626. The molecular weight excluding hydrogens is 302 g/mol. The highest BCUT2D eigenvalue weighted by Gasteiger charge is 2.32. The van der Waals surface area contributed by atoms with Crippen molar-refractivity contribution in [3.8, 4) is 5.88 Å². The lowest BCUT2D eigenvalue weighted by Crippen LogP contribution is -2.42. The summed E-state index contributed by atoms with van der Waals surface area (Å²) in [4.78, 5) is 22.3. The Morgan fingerprint density at radius 1 is 1.50 bits per heavy atom. The summed E-state index contributed by atoms with van der Waals surface area (Å²) >= 11 is 1.47. The highest BCUT2D eigenvalue weighted by Crippen LogP contribution is 2.22. The molecule has 7 heteroatoms. The van der Waals surface area contributed by atoms with Gasteiger partial charge in [-0.05, 0) is 39.9 Å². The van der Waals surface area contributed by atoms with Crippen LogP contribution in [0.25, 0.3) is 0 Å². The van der Waals surface area contributed by atoms with Crippen molar-refractivity contribution in [3.05, 3.63) is 12.3 Å². The van der Waals surface area contributed by atoms with Gasteiger partial charge in [0, 0.05) is 18.8 Å². The Labute approximate surface area is 135 Å². The molecule has 0 N–H and O–H groups in total. The van der Waals surface area contributed by atoms with Gasteiger partial charge in [-0.15, -0.1) is 0 Å². The van der Waals surface area contributed by atoms with Crippen molar-refractivity contribution >= 4 is 17.9 Å². The van der Waals surface area contributed by atoms with Crippen LogP contribution in [0.4, 0.5) is 4.79 Å². The molecule has 2 heterocycles. The molecule has 0 radical (unpaired) electrons. The number of amides is 1. The number of rotatable bonds is 4. The molecule has 0 bridgehead atoms. The van der Waals surface area contributed by atoms with Crippen LogP contribution in [-0.4, -0.2) is 52.0 Å². The van der Waals surface area contributed by atoms with Crippen LogP contribution in [0, 0.1) is 0 Å². The maximum atomic E-state index is 12.2. The molecule has 1 aliphatic rings. The summed E-state index contributed by atoms with van der Waals surface area (Å²) in [6.07, 6.45) is 5.20. The third-order valence-corrected chi connectivity index (χ3v) is 3.78. The van der Waals surface area contributed by atoms with Crippen molar-refractivity contribution in [2.75, 3.05) is 19.4 Å². The van der Waals surface area contributed by atoms with E-state index in [0.29, 0.717) is 24.2 Å². The van der Waals surface area contributed by atoms with Crippen LogP contribution in [0.1, 0.15) is 33.6 Å². The van der Waals surface area contributed by atoms with Gasteiger partial charge in [-0.2, -0.15) is 4.98 Å². The van der Waals surface area contributed by atoms with E-state index in [1.807, 2.05) is 27.0 Å². The first-order chi connectivity index (χ1) is 10.4. The number of hydrogen-bond acceptors (Lipinski definition) is 6. The molecule has 6 nitrogen and oxygen atoms in total. The van der Waals surface area contributed by atoms with Crippen LogP contribution in [0.5, 0.6) is 5.88 Å². The van der Waals surface area contributed by atoms with Gasteiger partial charge in [-0.1, -0.05) is 11.8 Å². The largest absolute Gasteiger partial charge is 0.475 e. The minimum Gasteiger partial charge on any atom is -0.475 e. The van der Waals surface area contributed by atoms with Gasteiger partial charge in [0.25, 0.3) is 0 Å². The molecule has 2 rings (SSSR count). The first kappa shape index (κ1) is 16.9. The van der Waals surface area contributed by atoms with Gasteiger partial charge in [0.05, 0.1) is 6.04 Å². The van der Waals surface area contributed by atoms with Gasteiger partial charge in [0.1, 0.15) is 12.2 Å². The van der Waals surface area contributed by atoms with E-state index in [-0.39, 0.29) is 12.1 Å². The molecule has 22 heavy (non-hydrogen) atoms. The molecule has 122 valence electrons. The Hall–Kier alpha value is -1.50. The maximum absolute atomic E-state index is 12.2. The smallest absolute Gasteiger partial charge is 0.410 e. The molecule has 0 saturated carbocycles. The Morgan fingerprint density at radius 3 is 2.95 bits per heavy atom. The lowest BCUT2D eigenvalue weighted by Gasteiger charge is -2.28. The van der Waals surface area contributed by atoms with Gasteiger partial charge < -0.3 is 14.4 Å². The topological polar surface area (TPSA) is 64.5 Å². The third-order valence-electron chi connectivity index (χ3n) is 3.22. The second kappa shape index (κ2) is 7.17. The standard InChI is InChI=1S/C15H23N3O3S/c1-15(2,3)21-14(19)18-9-5-6-11(18)10-20-12-7-8-16-13(17-12)22-4/h7-8,11H,5-6,9-10H2,1-4H3/t11-/m0/s1. The molecule has 0 aliphatic carbocycles. The second-order valence-corrected chi connectivity index (χ2v) is 6.94. The number of carbonyl (C=O) groups excluding carboxylic acids is 1. The molecule has 1 amide bonds. The highest BCUT2D eigenvalue weighted by molar-refractivity contribution is 7.98. The number of nitrogens with zero attached hydrogens (tertiary/aromatic N) is 3. The number of thioether (sulfide) groups is 1. The summed E-state index contributed by atoms with van der Waals surface area (Å²) < 4.78 is 11.2. The van der Waals surface area contributed by atoms with E-state index in [4.69, 9.17) is 9.47 Å². The van der Waals surface area contributed by atoms with Crippen molar-refractivity contribution in [3.63, 3.8) is 0 Å². The summed E-state index contributed by atoms with van der Waals surface area (Å²) in [5.74, 6) is 0.537. The molecule has 1 aliphatic heterocycles. The lowest BCUT2D eigenvalue weighted by atomic mass is 10.2. The summed E-state index contributed by atoms with van der Waals surface area (Å²) in [6.45, 7) is 6.75. The lowest BCUT2D eigenvalue weighted by molar-refractivity contribution is 0.0185. The normalized spacial score (nSPS) is 18.4. The van der Waals surface area contributed by atoms with Gasteiger partial charge in [-0.3, -0.25) is 0 Å². The predicted octanol–water partition coefficient (Wildman–Crippen LogP) is 2.98. The predicted molar refractivity (Wildman–Crippen MR) is 85.3 cm³/mol. The minimum atomic E-state index is -0.481. The van der Waals surface area contributed by atoms with Crippen LogP contribution < -0.4 is 4.74 Å². The molecule has 0 unspecified atom stereocenters. The fourth-order valence-corrected chi connectivity index (χ4v) is 2.60. The highest BCUT2D eigenvalue weighted by atomic mass is 32.2. The molecule has 1 atom stereocenters. The summed E-state index contributed by atoms with van der Waals surface area (Å²) in [5, 5.41) is 0.674. The van der Waals surface area contributed by atoms with Crippen molar-refractivity contribution in [1.29, 1.82) is 0 Å². The van der Waals surface area contributed by atoms with E-state index in [2.05, 4.69) is 9.97 Å². The van der Waals surface area contributed by atoms with Crippen molar-refractivity contribution < 1.29 is 14.3 Å². The zero-order chi connectivity index (χ0) is 16.2. The summed E-state index contributed by atoms with van der Waals surface area (Å²) in [5.41, 5.74) is -0.481. The number of hydrogen-bond donors (Lipinski definition) is 0. The van der Waals surface area contributed by atoms with Crippen LogP contribution in [0.3, 0.4) is 0 Å². The number of carbonyl (C=O) groups is 1. The molecular formula is C15H23N3O3S. The van der Waals surface area contributed by atoms with Crippen LogP contribution in [0.2, 0.25) is 0 Å². The van der Waals surface area contributed by atoms with E-state index in [0.717, 1.165) is 12.8 Å². The molecule has 1 aromatic rings. The fraction of sp³-hybridized carbons (Fsp3) is 0.667. The van der Waals surface area contributed by atoms with Crippen molar-refractivity contribution in [2.45, 2.75) is 50.4 Å². The Kier molecular flexibility index (Phi) is 5.50. The Bertz CT molecular complexity index is 519. The summed E-state index contributed by atoms with van der Waals surface area (Å²) in [6, 6.07) is 1.76. The van der Waals surface area contributed by atoms with Crippen LogP contribution in [0.15, 0.2) is 17.4 Å². The van der Waals surface area contributed by atoms with E-state index < -0.39 is 5.60 Å². The molecule has 1 saturated heterocycles. The minimum absolute atomic E-state index is 0.0301. The van der Waals surface area contributed by atoms with Crippen molar-refractivity contribution in [2.24, 2.45) is 0 Å². The average Bonchev–Trinajstić information content (AvgIpc) is 2.92. The molecule has 0 spiro atoms. The molecule has 1 aromatic heterocycles. The second-order valence-electron chi connectivity index (χ2n) is 6.16. The van der Waals surface area contributed by atoms with Crippen molar-refractivity contribution in [1.82, 2.24) is 14.9 Å². The zero-order valence-electron chi connectivity index (χ0n) is 13.5. The maximum Gasteiger partial charge on any atom is 0.410 e. The third kappa shape index (κ3) is 4.76. The van der Waals surface area contributed by atoms with E-state index in [1.54, 1.807) is 17.2 Å². The van der Waals surface area contributed by atoms with Gasteiger partial charge >= 0.3 is 6.09 Å². The number of aromatic nitrogens is 2. The SMILES string of the molecule is CSc1nccc(OC[C@@H]2CCCN2C(=O)OC(C)(C)C)n1. The first-order valence-corrected chi connectivity index (χ1v) is 8.61. The van der Waals surface area contributed by atoms with Gasteiger partial charge in [-0.25, -0.2) is 9.78 Å². The van der Waals surface area contributed by atoms with E-state index in [9.17, 15) is 4.79 Å². The number of ether oxygens (including phenoxy) is 2. The molecule has 1 fully saturated rings. The zero-order valence-corrected chi connectivity index (χ0v) is 14.4. The van der Waals surface area contributed by atoms with Crippen LogP contribution >= 0.6 is 11.8 Å². The van der Waals surface area contributed by atoms with Gasteiger partial charge in [0.2, 0.25) is 5.88 Å². The first-order valence-electron chi connectivity index (χ1n) is 7.38. The fourth-order valence-electron chi connectivity index (χ4n) is 2.26. The number of likely N-dealkylation sites (tertiary alicyclic amines) is 1. The summed E-state index contributed by atoms with van der Waals surface area (Å²) in [7, 11) is 0. The monoisotopic (exact) mass is 325 g/mol. The van der Waals surface area contributed by atoms with Crippen LogP contribution in [-0.2, 0) is 4.74 Å². The molecule has 0 aromatic carbocycles. The van der Waals surface area contributed by atoms with E-state index in [1.165, 1.54) is 11.8 Å². The average molecular weight is 325 g/mol. The Morgan fingerprint density at radius 2 is 2.27 bits per heavy atom.